The molecule has 0 aromatic heterocycles. The number of likely N-dealkylation sites (N-methyl/N-ethyl adjacent to an activating group) is 1. The third kappa shape index (κ3) is 7.23. The number of halogens is 1. The molecule has 38 heavy (non-hydrogen) atoms. The van der Waals surface area contributed by atoms with Crippen LogP contribution in [0.2, 0.25) is 0 Å². The Morgan fingerprint density at radius 3 is 2.71 bits per heavy atom. The highest BCUT2D eigenvalue weighted by molar-refractivity contribution is 5.74. The van der Waals surface area contributed by atoms with Crippen LogP contribution in [0.25, 0.3) is 11.1 Å². The predicted octanol–water partition coefficient (Wildman–Crippen LogP) is 4.02. The molecule has 0 radical (unpaired) electrons. The number of nitrogens with one attached hydrogen (secondary N) is 3. The van der Waals surface area contributed by atoms with Gasteiger partial charge in [0.2, 0.25) is 0 Å². The summed E-state index contributed by atoms with van der Waals surface area (Å²) in [6.07, 6.45) is 2.28. The first kappa shape index (κ1) is 29.4. The summed E-state index contributed by atoms with van der Waals surface area (Å²) in [4.78, 5) is 26.2. The molecule has 3 rings (SSSR count). The molecule has 0 saturated carbocycles. The second-order valence-electron chi connectivity index (χ2n) is 9.75. The van der Waals surface area contributed by atoms with Crippen LogP contribution in [0, 0.1) is 11.7 Å². The Morgan fingerprint density at radius 1 is 1.18 bits per heavy atom. The first-order valence-corrected chi connectivity index (χ1v) is 13.5. The fraction of sp³-hybridized carbons (Fsp3) is 0.517. The summed E-state index contributed by atoms with van der Waals surface area (Å²) >= 11 is 0. The topological polar surface area (TPSA) is 103 Å². The van der Waals surface area contributed by atoms with Crippen LogP contribution in [-0.2, 0) is 16.8 Å². The third-order valence-electron chi connectivity index (χ3n) is 7.28. The van der Waals surface area contributed by atoms with Gasteiger partial charge in [-0.2, -0.15) is 0 Å². The molecular weight excluding hydrogens is 487 g/mol. The molecule has 1 saturated heterocycles. The minimum absolute atomic E-state index is 0.110. The number of amides is 3. The van der Waals surface area contributed by atoms with Crippen LogP contribution in [0.1, 0.15) is 43.7 Å². The first-order valence-electron chi connectivity index (χ1n) is 13.5. The lowest BCUT2D eigenvalue weighted by molar-refractivity contribution is -0.0575. The number of aliphatic hydroxyl groups is 1. The van der Waals surface area contributed by atoms with Gasteiger partial charge in [-0.1, -0.05) is 43.3 Å². The number of aryl methyl sites for hydroxylation is 1. The normalized spacial score (nSPS) is 17.0. The number of carbonyl (C=O) groups is 2. The number of piperidine rings is 1. The van der Waals surface area contributed by atoms with E-state index < -0.39 is 17.5 Å². The summed E-state index contributed by atoms with van der Waals surface area (Å²) in [6, 6.07) is 12.4. The summed E-state index contributed by atoms with van der Waals surface area (Å²) in [7, 11) is 3.31. The quantitative estimate of drug-likeness (QED) is 0.330. The van der Waals surface area contributed by atoms with Crippen molar-refractivity contribution in [3.8, 4) is 11.1 Å². The molecule has 1 heterocycles. The van der Waals surface area contributed by atoms with Crippen molar-refractivity contribution in [2.24, 2.45) is 5.92 Å². The Labute approximate surface area is 224 Å². The smallest absolute Gasteiger partial charge is 0.406 e. The Hall–Kier alpha value is -3.17. The van der Waals surface area contributed by atoms with E-state index in [1.54, 1.807) is 17.0 Å². The van der Waals surface area contributed by atoms with E-state index in [-0.39, 0.29) is 25.0 Å². The number of hydrogen-bond acceptors (Lipinski definition) is 5. The number of likely N-dealkylation sites (tertiary alicyclic amines) is 1. The molecule has 1 aliphatic rings. The Kier molecular flexibility index (Phi) is 10.9. The molecule has 1 fully saturated rings. The maximum Gasteiger partial charge on any atom is 0.406 e. The Bertz CT molecular complexity index is 1080. The summed E-state index contributed by atoms with van der Waals surface area (Å²) in [6.45, 7) is 4.23. The van der Waals surface area contributed by atoms with Gasteiger partial charge in [-0.3, -0.25) is 0 Å². The second kappa shape index (κ2) is 14.1. The summed E-state index contributed by atoms with van der Waals surface area (Å²) in [5.41, 5.74) is 1.19. The van der Waals surface area contributed by atoms with E-state index in [9.17, 15) is 14.7 Å². The van der Waals surface area contributed by atoms with Gasteiger partial charge in [0, 0.05) is 44.7 Å². The summed E-state index contributed by atoms with van der Waals surface area (Å²) in [5.74, 6) is -0.741. The third-order valence-corrected chi connectivity index (χ3v) is 7.28. The van der Waals surface area contributed by atoms with Gasteiger partial charge in [-0.05, 0) is 61.9 Å². The molecule has 0 unspecified atom stereocenters. The van der Waals surface area contributed by atoms with Crippen LogP contribution in [-0.4, -0.2) is 69.0 Å². The van der Waals surface area contributed by atoms with E-state index in [0.717, 1.165) is 18.4 Å². The molecule has 2 atom stereocenters. The van der Waals surface area contributed by atoms with Gasteiger partial charge in [0.15, 0.2) is 0 Å². The lowest BCUT2D eigenvalue weighted by Crippen LogP contribution is -2.51. The predicted molar refractivity (Wildman–Crippen MR) is 146 cm³/mol. The van der Waals surface area contributed by atoms with Crippen molar-refractivity contribution < 1.29 is 23.8 Å². The zero-order chi connectivity index (χ0) is 27.5. The molecular formula is C29H41FN4O4. The average Bonchev–Trinajstić information content (AvgIpc) is 2.95. The molecule has 208 valence electrons. The molecule has 2 aromatic carbocycles. The van der Waals surface area contributed by atoms with Gasteiger partial charge >= 0.3 is 12.1 Å². The van der Waals surface area contributed by atoms with Gasteiger partial charge in [-0.15, -0.1) is 0 Å². The van der Waals surface area contributed by atoms with Crippen molar-refractivity contribution in [2.45, 2.75) is 44.6 Å². The van der Waals surface area contributed by atoms with E-state index in [0.29, 0.717) is 55.7 Å². The van der Waals surface area contributed by atoms with Crippen LogP contribution in [0.4, 0.5) is 14.0 Å². The fourth-order valence-corrected chi connectivity index (χ4v) is 5.22. The lowest BCUT2D eigenvalue weighted by atomic mass is 9.72. The zero-order valence-electron chi connectivity index (χ0n) is 22.7. The minimum atomic E-state index is -1.45. The van der Waals surface area contributed by atoms with Crippen molar-refractivity contribution in [2.75, 3.05) is 46.9 Å². The van der Waals surface area contributed by atoms with Crippen molar-refractivity contribution in [1.29, 1.82) is 0 Å². The number of alkyl carbamates (subject to hydrolysis) is 1. The van der Waals surface area contributed by atoms with E-state index in [1.807, 2.05) is 38.2 Å². The molecule has 0 aliphatic carbocycles. The summed E-state index contributed by atoms with van der Waals surface area (Å²) < 4.78 is 20.7. The molecule has 8 nitrogen and oxygen atoms in total. The largest absolute Gasteiger partial charge is 0.450 e. The van der Waals surface area contributed by atoms with Gasteiger partial charge in [0.05, 0.1) is 12.2 Å². The SMILES string of the molecule is CCc1cccc(-c2c(F)cccc2[C@](O)(CCCOC(=O)NC)[C@@H]2CCCN(C(=O)NCCNC)C2)c1. The van der Waals surface area contributed by atoms with Crippen LogP contribution < -0.4 is 16.0 Å². The number of rotatable bonds is 11. The molecule has 0 bridgehead atoms. The Morgan fingerprint density at radius 2 is 1.97 bits per heavy atom. The van der Waals surface area contributed by atoms with Gasteiger partial charge in [-0.25, -0.2) is 14.0 Å². The number of urea groups is 1. The maximum absolute atomic E-state index is 15.5. The molecule has 3 amide bonds. The number of benzene rings is 2. The van der Waals surface area contributed by atoms with Crippen molar-refractivity contribution in [1.82, 2.24) is 20.9 Å². The van der Waals surface area contributed by atoms with Crippen molar-refractivity contribution in [3.05, 3.63) is 59.4 Å². The standard InChI is InChI=1S/C29H41FN4O4/c1-4-21-9-5-10-22(19-21)26-24(12-6-13-25(26)30)29(37,14-8-18-38-28(36)32-3)23-11-7-17-34(20-23)27(35)33-16-15-31-2/h5-6,9-10,12-13,19,23,31,37H,4,7-8,11,14-18,20H2,1-3H3,(H,32,36)(H,33,35)/t23-,29+/m1/s1. The van der Waals surface area contributed by atoms with E-state index >= 15 is 4.39 Å². The van der Waals surface area contributed by atoms with Gasteiger partial charge in [0.1, 0.15) is 5.82 Å². The van der Waals surface area contributed by atoms with Gasteiger partial charge in [0.25, 0.3) is 0 Å². The van der Waals surface area contributed by atoms with Crippen molar-refractivity contribution >= 4 is 12.1 Å². The molecule has 0 spiro atoms. The minimum Gasteiger partial charge on any atom is -0.450 e. The number of nitrogens with zero attached hydrogens (tertiary/aromatic N) is 1. The number of carbonyl (C=O) groups excluding carboxylic acids is 2. The monoisotopic (exact) mass is 528 g/mol. The van der Waals surface area contributed by atoms with Crippen molar-refractivity contribution in [3.63, 3.8) is 0 Å². The van der Waals surface area contributed by atoms with E-state index in [2.05, 4.69) is 16.0 Å². The molecule has 1 aliphatic heterocycles. The molecule has 9 heteroatoms. The molecule has 2 aromatic rings. The van der Waals surface area contributed by atoms with Crippen LogP contribution in [0.5, 0.6) is 0 Å². The van der Waals surface area contributed by atoms with Crippen LogP contribution in [0.15, 0.2) is 42.5 Å². The van der Waals surface area contributed by atoms with Crippen LogP contribution >= 0.6 is 0 Å². The zero-order valence-corrected chi connectivity index (χ0v) is 22.7. The van der Waals surface area contributed by atoms with E-state index in [4.69, 9.17) is 4.74 Å². The molecule has 4 N–H and O–H groups in total. The average molecular weight is 529 g/mol. The van der Waals surface area contributed by atoms with E-state index in [1.165, 1.54) is 13.1 Å². The highest BCUT2D eigenvalue weighted by Crippen LogP contribution is 2.44. The van der Waals surface area contributed by atoms with Crippen LogP contribution in [0.3, 0.4) is 0 Å². The highest BCUT2D eigenvalue weighted by Gasteiger charge is 2.43. The van der Waals surface area contributed by atoms with Gasteiger partial charge < -0.3 is 30.7 Å². The second-order valence-corrected chi connectivity index (χ2v) is 9.75. The fourth-order valence-electron chi connectivity index (χ4n) is 5.22. The Balaban J connectivity index is 1.98. The summed E-state index contributed by atoms with van der Waals surface area (Å²) in [5, 5.41) is 20.8. The first-order chi connectivity index (χ1) is 18.3. The highest BCUT2D eigenvalue weighted by atomic mass is 19.1. The lowest BCUT2D eigenvalue weighted by Gasteiger charge is -2.43. The number of ether oxygens (including phenoxy) is 1. The number of hydrogen-bond donors (Lipinski definition) is 4. The maximum atomic E-state index is 15.5.